The maximum Gasteiger partial charge on any atom is -0.00914 e. The molecule has 0 unspecified atom stereocenters. The molecule has 0 N–H and O–H groups in total. The van der Waals surface area contributed by atoms with Crippen molar-refractivity contribution in [3.63, 3.8) is 0 Å². The smallest absolute Gasteiger partial charge is 0.00914 e. The lowest BCUT2D eigenvalue weighted by Gasteiger charge is -2.22. The molecule has 2 aliphatic carbocycles. The van der Waals surface area contributed by atoms with Gasteiger partial charge in [0.15, 0.2) is 0 Å². The Morgan fingerprint density at radius 3 is 0.581 bits per heavy atom. The molecule has 0 heterocycles. The van der Waals surface area contributed by atoms with Crippen LogP contribution in [0.2, 0.25) is 0 Å². The average Bonchev–Trinajstić information content (AvgIpc) is 3.12. The Hall–Kier alpha value is -1.82. The molecular formula is C43H76. The van der Waals surface area contributed by atoms with Crippen LogP contribution in [0.3, 0.4) is 0 Å². The van der Waals surface area contributed by atoms with Gasteiger partial charge in [0.2, 0.25) is 0 Å². The van der Waals surface area contributed by atoms with Crippen molar-refractivity contribution in [1.82, 2.24) is 0 Å². The van der Waals surface area contributed by atoms with Crippen LogP contribution < -0.4 is 0 Å². The molecule has 0 atom stereocenters. The van der Waals surface area contributed by atoms with Crippen molar-refractivity contribution in [1.29, 1.82) is 0 Å². The van der Waals surface area contributed by atoms with Crippen LogP contribution in [0.15, 0.2) is 81.0 Å². The summed E-state index contributed by atoms with van der Waals surface area (Å²) in [6.07, 6.45) is 15.4. The van der Waals surface area contributed by atoms with E-state index in [-0.39, 0.29) is 0 Å². The molecule has 0 fully saturated rings. The normalized spacial score (nSPS) is 18.3. The van der Waals surface area contributed by atoms with E-state index in [1.165, 1.54) is 28.7 Å². The highest BCUT2D eigenvalue weighted by Crippen LogP contribution is 2.37. The van der Waals surface area contributed by atoms with E-state index in [1.54, 1.807) is 22.3 Å². The van der Waals surface area contributed by atoms with Crippen LogP contribution >= 0.6 is 0 Å². The highest BCUT2D eigenvalue weighted by atomic mass is 14.3. The Kier molecular flexibility index (Phi) is 22.0. The molecule has 0 saturated heterocycles. The molecule has 0 nitrogen and oxygen atoms in total. The second kappa shape index (κ2) is 21.8. The minimum absolute atomic E-state index is 0.572. The van der Waals surface area contributed by atoms with E-state index in [4.69, 9.17) is 0 Å². The Morgan fingerprint density at radius 2 is 0.442 bits per heavy atom. The van der Waals surface area contributed by atoms with Crippen LogP contribution in [0.4, 0.5) is 0 Å². The molecule has 0 aromatic rings. The van der Waals surface area contributed by atoms with Gasteiger partial charge in [0.1, 0.15) is 0 Å². The second-order valence-electron chi connectivity index (χ2n) is 14.2. The molecule has 0 spiro atoms. The fourth-order valence-electron chi connectivity index (χ4n) is 5.85. The topological polar surface area (TPSA) is 0 Å². The molecule has 0 bridgehead atoms. The number of rotatable bonds is 8. The van der Waals surface area contributed by atoms with E-state index in [2.05, 4.69) is 147 Å². The molecule has 0 heteroatoms. The van der Waals surface area contributed by atoms with E-state index >= 15 is 0 Å². The second-order valence-corrected chi connectivity index (χ2v) is 14.2. The lowest BCUT2D eigenvalue weighted by atomic mass is 9.83. The van der Waals surface area contributed by atoms with E-state index in [9.17, 15) is 0 Å². The predicted molar refractivity (Wildman–Crippen MR) is 202 cm³/mol. The molecule has 0 amide bonds. The van der Waals surface area contributed by atoms with Crippen molar-refractivity contribution in [2.24, 2.45) is 47.3 Å². The van der Waals surface area contributed by atoms with Crippen molar-refractivity contribution in [2.45, 2.75) is 145 Å². The van der Waals surface area contributed by atoms with Gasteiger partial charge in [-0.25, -0.2) is 0 Å². The van der Waals surface area contributed by atoms with Gasteiger partial charge >= 0.3 is 0 Å². The molecule has 0 aromatic heterocycles. The summed E-state index contributed by atoms with van der Waals surface area (Å²) < 4.78 is 0. The molecule has 2 aliphatic rings. The fourth-order valence-corrected chi connectivity index (χ4v) is 5.85. The summed E-state index contributed by atoms with van der Waals surface area (Å²) in [7, 11) is 0. The first-order chi connectivity index (χ1) is 20.0. The third-order valence-corrected chi connectivity index (χ3v) is 8.24. The Balaban J connectivity index is 0. The molecule has 0 aliphatic heterocycles. The van der Waals surface area contributed by atoms with Crippen LogP contribution in [0.25, 0.3) is 0 Å². The minimum atomic E-state index is 0.572. The van der Waals surface area contributed by atoms with Crippen LogP contribution in [0, 0.1) is 47.3 Å². The van der Waals surface area contributed by atoms with Crippen molar-refractivity contribution >= 4 is 0 Å². The Bertz CT molecular complexity index is 892. The van der Waals surface area contributed by atoms with Crippen LogP contribution in [-0.2, 0) is 0 Å². The first-order valence-electron chi connectivity index (χ1n) is 18.0. The summed E-state index contributed by atoms with van der Waals surface area (Å²) >= 11 is 0. The van der Waals surface area contributed by atoms with Crippen molar-refractivity contribution in [3.8, 4) is 0 Å². The quantitative estimate of drug-likeness (QED) is 0.263. The molecule has 0 aromatic carbocycles. The zero-order chi connectivity index (χ0) is 34.2. The van der Waals surface area contributed by atoms with Gasteiger partial charge in [0, 0.05) is 0 Å². The largest absolute Gasteiger partial charge is 0.0683 e. The third-order valence-electron chi connectivity index (χ3n) is 8.24. The number of hydrogen-bond acceptors (Lipinski definition) is 0. The summed E-state index contributed by atoms with van der Waals surface area (Å²) in [4.78, 5) is 0. The highest BCUT2D eigenvalue weighted by Gasteiger charge is 2.21. The van der Waals surface area contributed by atoms with Gasteiger partial charge in [-0.05, 0) is 87.2 Å². The molecule has 2 rings (SSSR count). The van der Waals surface area contributed by atoms with Crippen LogP contribution in [0.5, 0.6) is 0 Å². The number of allylic oxidation sites excluding steroid dienone is 14. The Labute approximate surface area is 272 Å². The summed E-state index contributed by atoms with van der Waals surface area (Å²) in [5.74, 6) is 4.81. The van der Waals surface area contributed by atoms with Crippen LogP contribution in [-0.4, -0.2) is 0 Å². The van der Waals surface area contributed by atoms with Crippen LogP contribution in [0.1, 0.15) is 145 Å². The van der Waals surface area contributed by atoms with Crippen molar-refractivity contribution in [2.75, 3.05) is 0 Å². The standard InChI is InChI=1S/C20H32.C19H32.2C2H6/c1-13(2)17-9-10-19(15(5)6)20(16(7)8)12-11-18(17)14(3)4;1-12(2)16-9-10-17(13(3)4)19(15(7)8)11-18(16)14(5)6;2*1-2/h9-16H,1-8H3;9-10,12-15H,11H2,1-8H3;2*1-2H3/b10-9-,12-11?,17-9?,18-11?,18-17-,19-10?,20-12?,20-19?;;;. The van der Waals surface area contributed by atoms with Gasteiger partial charge < -0.3 is 0 Å². The summed E-state index contributed by atoms with van der Waals surface area (Å²) in [6.45, 7) is 44.9. The zero-order valence-electron chi connectivity index (χ0n) is 32.8. The monoisotopic (exact) mass is 593 g/mol. The SMILES string of the molecule is CC.CC.CC(C)C1=C(C(C)C)/C=C\C(C(C)C)=C(\C(C)C)C=C1.CC(C)C1=C(C(C)C)CC(C(C)C)=C(C(C)C)C=C1. The maximum atomic E-state index is 2.39. The van der Waals surface area contributed by atoms with Gasteiger partial charge in [0.25, 0.3) is 0 Å². The van der Waals surface area contributed by atoms with Crippen molar-refractivity contribution in [3.05, 3.63) is 81.0 Å². The lowest BCUT2D eigenvalue weighted by molar-refractivity contribution is 0.640. The van der Waals surface area contributed by atoms with Gasteiger partial charge in [-0.15, -0.1) is 0 Å². The molecule has 0 saturated carbocycles. The first kappa shape index (κ1) is 43.3. The molecule has 43 heavy (non-hydrogen) atoms. The summed E-state index contributed by atoms with van der Waals surface area (Å²) in [6, 6.07) is 0. The predicted octanol–water partition coefficient (Wildman–Crippen LogP) is 14.5. The molecule has 248 valence electrons. The highest BCUT2D eigenvalue weighted by molar-refractivity contribution is 5.47. The average molecular weight is 593 g/mol. The van der Waals surface area contributed by atoms with E-state index in [1.807, 2.05) is 27.7 Å². The first-order valence-corrected chi connectivity index (χ1v) is 18.0. The van der Waals surface area contributed by atoms with E-state index < -0.39 is 0 Å². The zero-order valence-corrected chi connectivity index (χ0v) is 32.8. The maximum absolute atomic E-state index is 2.39. The van der Waals surface area contributed by atoms with Gasteiger partial charge in [0.05, 0.1) is 0 Å². The molecular weight excluding hydrogens is 516 g/mol. The molecule has 0 radical (unpaired) electrons. The third kappa shape index (κ3) is 13.8. The van der Waals surface area contributed by atoms with Gasteiger partial charge in [-0.2, -0.15) is 0 Å². The minimum Gasteiger partial charge on any atom is -0.0683 e. The summed E-state index contributed by atoms with van der Waals surface area (Å²) in [5, 5.41) is 0. The van der Waals surface area contributed by atoms with Gasteiger partial charge in [-0.1, -0.05) is 186 Å². The van der Waals surface area contributed by atoms with E-state index in [0.29, 0.717) is 47.3 Å². The fraction of sp³-hybridized carbons (Fsp3) is 0.674. The van der Waals surface area contributed by atoms with Gasteiger partial charge in [-0.3, -0.25) is 0 Å². The number of hydrogen-bond donors (Lipinski definition) is 0. The Morgan fingerprint density at radius 1 is 0.279 bits per heavy atom. The van der Waals surface area contributed by atoms with E-state index in [0.717, 1.165) is 0 Å². The van der Waals surface area contributed by atoms with Crippen molar-refractivity contribution < 1.29 is 0 Å². The lowest BCUT2D eigenvalue weighted by Crippen LogP contribution is -2.08. The summed E-state index contributed by atoms with van der Waals surface area (Å²) in [5.41, 5.74) is 12.3.